The van der Waals surface area contributed by atoms with Crippen LogP contribution in [0.3, 0.4) is 0 Å². The van der Waals surface area contributed by atoms with Gasteiger partial charge in [-0.05, 0) is 24.3 Å². The minimum absolute atomic E-state index is 0.0734. The van der Waals surface area contributed by atoms with Crippen molar-refractivity contribution >= 4 is 12.1 Å². The van der Waals surface area contributed by atoms with Gasteiger partial charge in [0.05, 0.1) is 6.04 Å². The van der Waals surface area contributed by atoms with Crippen molar-refractivity contribution in [2.45, 2.75) is 25.5 Å². The molecule has 2 aliphatic heterocycles. The van der Waals surface area contributed by atoms with Crippen LogP contribution in [0.25, 0.3) is 0 Å². The van der Waals surface area contributed by atoms with Gasteiger partial charge in [0.15, 0.2) is 0 Å². The smallest absolute Gasteiger partial charge is 0.410 e. The largest absolute Gasteiger partial charge is 0.445 e. The van der Waals surface area contributed by atoms with Crippen molar-refractivity contribution in [3.63, 3.8) is 0 Å². The first-order valence-electron chi connectivity index (χ1n) is 8.13. The molecule has 0 bridgehead atoms. The summed E-state index contributed by atoms with van der Waals surface area (Å²) < 4.78 is 5.45. The predicted molar refractivity (Wildman–Crippen MR) is 85.9 cm³/mol. The fourth-order valence-corrected chi connectivity index (χ4v) is 3.51. The van der Waals surface area contributed by atoms with E-state index in [4.69, 9.17) is 4.74 Å². The Morgan fingerprint density at radius 3 is 2.70 bits per heavy atom. The first kappa shape index (κ1) is 15.6. The summed E-state index contributed by atoms with van der Waals surface area (Å²) in [6.45, 7) is 2.34. The second-order valence-electron chi connectivity index (χ2n) is 6.14. The monoisotopic (exact) mass is 317 g/mol. The number of rotatable bonds is 2. The fourth-order valence-electron chi connectivity index (χ4n) is 3.51. The lowest BCUT2D eigenvalue weighted by Gasteiger charge is -2.37. The molecule has 0 aliphatic carbocycles. The Kier molecular flexibility index (Phi) is 4.69. The Morgan fingerprint density at radius 1 is 1.22 bits per heavy atom. The average Bonchev–Trinajstić information content (AvgIpc) is 3.03. The van der Waals surface area contributed by atoms with E-state index in [-0.39, 0.29) is 24.8 Å². The zero-order chi connectivity index (χ0) is 16.2. The third-order valence-electron chi connectivity index (χ3n) is 4.80. The molecule has 23 heavy (non-hydrogen) atoms. The second-order valence-corrected chi connectivity index (χ2v) is 6.14. The molecule has 0 spiro atoms. The van der Waals surface area contributed by atoms with Crippen molar-refractivity contribution in [3.05, 3.63) is 35.9 Å². The van der Waals surface area contributed by atoms with Crippen LogP contribution in [0.15, 0.2) is 30.3 Å². The van der Waals surface area contributed by atoms with Crippen LogP contribution in [-0.2, 0) is 11.3 Å². The molecule has 1 unspecified atom stereocenters. The van der Waals surface area contributed by atoms with Gasteiger partial charge in [-0.1, -0.05) is 30.3 Å². The summed E-state index contributed by atoms with van der Waals surface area (Å²) in [5.41, 5.74) is 0.979. The summed E-state index contributed by atoms with van der Waals surface area (Å²) >= 11 is 0. The number of piperidine rings is 1. The highest BCUT2D eigenvalue weighted by atomic mass is 16.6. The van der Waals surface area contributed by atoms with Gasteiger partial charge in [-0.3, -0.25) is 0 Å². The Balaban J connectivity index is 1.59. The highest BCUT2D eigenvalue weighted by Crippen LogP contribution is 2.32. The number of hydrogen-bond acceptors (Lipinski definition) is 3. The van der Waals surface area contributed by atoms with Crippen molar-refractivity contribution in [2.24, 2.45) is 5.92 Å². The van der Waals surface area contributed by atoms with Crippen LogP contribution in [-0.4, -0.2) is 54.6 Å². The molecule has 0 radical (unpaired) electrons. The minimum Gasteiger partial charge on any atom is -0.445 e. The maximum absolute atomic E-state index is 12.4. The number of nitrogens with zero attached hydrogens (tertiary/aromatic N) is 2. The Bertz CT molecular complexity index is 563. The molecule has 0 aromatic heterocycles. The second kappa shape index (κ2) is 6.89. The number of amides is 3. The van der Waals surface area contributed by atoms with E-state index in [1.807, 2.05) is 30.3 Å². The third kappa shape index (κ3) is 3.41. The third-order valence-corrected chi connectivity index (χ3v) is 4.80. The first-order chi connectivity index (χ1) is 11.2. The van der Waals surface area contributed by atoms with Crippen LogP contribution in [0.1, 0.15) is 18.4 Å². The van der Waals surface area contributed by atoms with Crippen LogP contribution in [0.5, 0.6) is 0 Å². The van der Waals surface area contributed by atoms with E-state index in [1.54, 1.807) is 16.8 Å². The zero-order valence-corrected chi connectivity index (χ0v) is 13.4. The Morgan fingerprint density at radius 2 is 1.96 bits per heavy atom. The minimum atomic E-state index is -0.278. The van der Waals surface area contributed by atoms with E-state index < -0.39 is 0 Å². The zero-order valence-electron chi connectivity index (χ0n) is 13.4. The van der Waals surface area contributed by atoms with Gasteiger partial charge in [-0.25, -0.2) is 9.59 Å². The number of benzene rings is 1. The lowest BCUT2D eigenvalue weighted by Crippen LogP contribution is -2.53. The maximum Gasteiger partial charge on any atom is 0.410 e. The number of carbonyl (C=O) groups excluding carboxylic acids is 2. The average molecular weight is 317 g/mol. The van der Waals surface area contributed by atoms with Crippen LogP contribution in [0, 0.1) is 5.92 Å². The van der Waals surface area contributed by atoms with E-state index >= 15 is 0 Å². The Labute approximate surface area is 136 Å². The van der Waals surface area contributed by atoms with Crippen molar-refractivity contribution < 1.29 is 14.3 Å². The number of ether oxygens (including phenoxy) is 1. The molecule has 1 aromatic rings. The maximum atomic E-state index is 12.4. The quantitative estimate of drug-likeness (QED) is 0.908. The molecule has 124 valence electrons. The van der Waals surface area contributed by atoms with Crippen molar-refractivity contribution in [3.8, 4) is 0 Å². The summed E-state index contributed by atoms with van der Waals surface area (Å²) in [5.74, 6) is 0.472. The fraction of sp³-hybridized carbons (Fsp3) is 0.529. The summed E-state index contributed by atoms with van der Waals surface area (Å²) in [6, 6.07) is 9.67. The van der Waals surface area contributed by atoms with E-state index in [2.05, 4.69) is 5.32 Å². The predicted octanol–water partition coefficient (Wildman–Crippen LogP) is 2.06. The van der Waals surface area contributed by atoms with Crippen molar-refractivity contribution in [1.82, 2.24) is 15.1 Å². The number of hydrogen-bond donors (Lipinski definition) is 1. The molecule has 3 rings (SSSR count). The number of likely N-dealkylation sites (tertiary alicyclic amines) is 2. The number of urea groups is 1. The molecule has 2 atom stereocenters. The van der Waals surface area contributed by atoms with Gasteiger partial charge >= 0.3 is 12.1 Å². The molecule has 3 amide bonds. The van der Waals surface area contributed by atoms with Gasteiger partial charge in [0.25, 0.3) is 0 Å². The molecular weight excluding hydrogens is 294 g/mol. The van der Waals surface area contributed by atoms with E-state index in [1.165, 1.54) is 0 Å². The van der Waals surface area contributed by atoms with Crippen LogP contribution in [0.2, 0.25) is 0 Å². The molecule has 2 heterocycles. The van der Waals surface area contributed by atoms with E-state index in [0.29, 0.717) is 19.0 Å². The highest BCUT2D eigenvalue weighted by Gasteiger charge is 2.42. The van der Waals surface area contributed by atoms with E-state index in [0.717, 1.165) is 24.9 Å². The highest BCUT2D eigenvalue weighted by molar-refractivity contribution is 5.74. The molecular formula is C17H23N3O3. The van der Waals surface area contributed by atoms with Crippen molar-refractivity contribution in [2.75, 3.05) is 26.7 Å². The molecule has 2 aliphatic rings. The molecule has 1 N–H and O–H groups in total. The van der Waals surface area contributed by atoms with Crippen LogP contribution < -0.4 is 5.32 Å². The SMILES string of the molecule is CNC(=O)N1CCC2CCN(C(=O)OCc3ccccc3)[C@@H]2C1. The van der Waals surface area contributed by atoms with Crippen LogP contribution in [0.4, 0.5) is 9.59 Å². The Hall–Kier alpha value is -2.24. The van der Waals surface area contributed by atoms with Gasteiger partial charge < -0.3 is 19.9 Å². The first-order valence-corrected chi connectivity index (χ1v) is 8.13. The molecule has 2 saturated heterocycles. The summed E-state index contributed by atoms with van der Waals surface area (Å²) in [4.78, 5) is 27.8. The molecule has 1 aromatic carbocycles. The lowest BCUT2D eigenvalue weighted by molar-refractivity contribution is 0.0709. The van der Waals surface area contributed by atoms with Gasteiger partial charge in [0.2, 0.25) is 0 Å². The van der Waals surface area contributed by atoms with Gasteiger partial charge in [-0.15, -0.1) is 0 Å². The molecule has 2 fully saturated rings. The normalized spacial score (nSPS) is 23.3. The van der Waals surface area contributed by atoms with E-state index in [9.17, 15) is 9.59 Å². The number of nitrogens with one attached hydrogen (secondary N) is 1. The topological polar surface area (TPSA) is 61.9 Å². The van der Waals surface area contributed by atoms with Gasteiger partial charge in [-0.2, -0.15) is 0 Å². The molecule has 6 heteroatoms. The van der Waals surface area contributed by atoms with Crippen molar-refractivity contribution in [1.29, 1.82) is 0 Å². The molecule has 6 nitrogen and oxygen atoms in total. The standard InChI is InChI=1S/C17H23N3O3/c1-18-16(21)19-9-7-14-8-10-20(15(14)11-19)17(22)23-12-13-5-3-2-4-6-13/h2-6,14-15H,7-12H2,1H3,(H,18,21)/t14?,15-/m1/s1. The number of fused-ring (bicyclic) bond motifs is 1. The summed E-state index contributed by atoms with van der Waals surface area (Å²) in [7, 11) is 1.63. The summed E-state index contributed by atoms with van der Waals surface area (Å²) in [5, 5.41) is 2.66. The summed E-state index contributed by atoms with van der Waals surface area (Å²) in [6.07, 6.45) is 1.66. The van der Waals surface area contributed by atoms with Crippen LogP contribution >= 0.6 is 0 Å². The lowest BCUT2D eigenvalue weighted by atomic mass is 9.92. The van der Waals surface area contributed by atoms with Gasteiger partial charge in [0, 0.05) is 26.7 Å². The van der Waals surface area contributed by atoms with Gasteiger partial charge in [0.1, 0.15) is 6.61 Å². The number of carbonyl (C=O) groups is 2. The molecule has 0 saturated carbocycles.